The van der Waals surface area contributed by atoms with E-state index in [1.54, 1.807) is 0 Å². The van der Waals surface area contributed by atoms with Crippen LogP contribution in [-0.4, -0.2) is 5.33 Å². The molecule has 0 nitrogen and oxygen atoms in total. The summed E-state index contributed by atoms with van der Waals surface area (Å²) in [5.41, 5.74) is 0. The molecule has 0 aromatic heterocycles. The number of hydrogen-bond acceptors (Lipinski definition) is 0. The summed E-state index contributed by atoms with van der Waals surface area (Å²) in [7, 11) is 0. The van der Waals surface area contributed by atoms with E-state index in [1.807, 2.05) is 4.99 Å². The molecule has 2 heteroatoms. The first-order valence-electron chi connectivity index (χ1n) is 1.73. The van der Waals surface area contributed by atoms with Crippen LogP contribution in [0.3, 0.4) is 0 Å². The third-order valence-corrected chi connectivity index (χ3v) is 1.20. The number of hydrogen-bond donors (Lipinski definition) is 0. The maximum atomic E-state index is 3.28. The van der Waals surface area contributed by atoms with E-state index in [2.05, 4.69) is 37.9 Å². The highest BCUT2D eigenvalue weighted by atomic mass is 79.9. The van der Waals surface area contributed by atoms with Gasteiger partial charge in [-0.25, -0.2) is 0 Å². The molecule has 0 aliphatic carbocycles. The lowest BCUT2D eigenvalue weighted by atomic mass is 10.5. The molecule has 0 bridgehead atoms. The predicted molar refractivity (Wildman–Crippen MR) is 36.5 cm³/mol. The minimum absolute atomic E-state index is 1.05. The Morgan fingerprint density at radius 1 is 1.50 bits per heavy atom. The van der Waals surface area contributed by atoms with Gasteiger partial charge in [-0.1, -0.05) is 37.9 Å². The van der Waals surface area contributed by atoms with E-state index in [1.165, 1.54) is 0 Å². The standard InChI is InChI=1S/C4H6Br2/c5-3-1-2-4-6/h1,3H,2,4H2/b3-1-. The van der Waals surface area contributed by atoms with Crippen LogP contribution in [0, 0.1) is 0 Å². The van der Waals surface area contributed by atoms with Crippen molar-refractivity contribution >= 4 is 31.9 Å². The highest BCUT2D eigenvalue weighted by Gasteiger charge is 1.67. The first-order valence-corrected chi connectivity index (χ1v) is 3.76. The van der Waals surface area contributed by atoms with Crippen LogP contribution in [0.25, 0.3) is 0 Å². The van der Waals surface area contributed by atoms with Gasteiger partial charge in [-0.2, -0.15) is 0 Å². The van der Waals surface area contributed by atoms with Crippen molar-refractivity contribution in [2.75, 3.05) is 5.33 Å². The van der Waals surface area contributed by atoms with Crippen molar-refractivity contribution in [3.63, 3.8) is 0 Å². The van der Waals surface area contributed by atoms with E-state index >= 15 is 0 Å². The lowest BCUT2D eigenvalue weighted by Gasteiger charge is -1.73. The third kappa shape index (κ3) is 4.70. The van der Waals surface area contributed by atoms with Crippen LogP contribution in [0.2, 0.25) is 0 Å². The Kier molecular flexibility index (Phi) is 6.36. The van der Waals surface area contributed by atoms with Crippen molar-refractivity contribution in [3.05, 3.63) is 11.1 Å². The molecule has 0 unspecified atom stereocenters. The van der Waals surface area contributed by atoms with Gasteiger partial charge in [0.15, 0.2) is 0 Å². The summed E-state index contributed by atoms with van der Waals surface area (Å²) in [5.74, 6) is 0. The van der Waals surface area contributed by atoms with Crippen LogP contribution in [0.1, 0.15) is 6.42 Å². The molecule has 0 fully saturated rings. The molecular weight excluding hydrogens is 208 g/mol. The molecule has 0 saturated heterocycles. The molecule has 0 N–H and O–H groups in total. The fourth-order valence-electron chi connectivity index (χ4n) is 0.126. The Balaban J connectivity index is 2.66. The van der Waals surface area contributed by atoms with Gasteiger partial charge in [-0.15, -0.1) is 0 Å². The van der Waals surface area contributed by atoms with E-state index in [0.717, 1.165) is 11.8 Å². The fraction of sp³-hybridized carbons (Fsp3) is 0.500. The van der Waals surface area contributed by atoms with E-state index in [0.29, 0.717) is 0 Å². The Labute approximate surface area is 54.9 Å². The number of allylic oxidation sites excluding steroid dienone is 1. The molecule has 0 aliphatic rings. The average molecular weight is 214 g/mol. The second-order valence-corrected chi connectivity index (χ2v) is 2.16. The van der Waals surface area contributed by atoms with Gasteiger partial charge in [0.05, 0.1) is 0 Å². The molecule has 0 amide bonds. The van der Waals surface area contributed by atoms with Crippen molar-refractivity contribution in [3.8, 4) is 0 Å². The van der Waals surface area contributed by atoms with Gasteiger partial charge < -0.3 is 0 Å². The molecule has 0 heterocycles. The quantitative estimate of drug-likeness (QED) is 0.619. The summed E-state index contributed by atoms with van der Waals surface area (Å²) >= 11 is 6.43. The topological polar surface area (TPSA) is 0 Å². The number of alkyl halides is 1. The highest BCUT2D eigenvalue weighted by molar-refractivity contribution is 9.11. The van der Waals surface area contributed by atoms with Gasteiger partial charge in [0.2, 0.25) is 0 Å². The number of rotatable bonds is 2. The molecule has 0 radical (unpaired) electrons. The molecule has 0 spiro atoms. The predicted octanol–water partition coefficient (Wildman–Crippen LogP) is 2.68. The SMILES string of the molecule is Br/C=C\CCBr. The van der Waals surface area contributed by atoms with Gasteiger partial charge in [0, 0.05) is 5.33 Å². The van der Waals surface area contributed by atoms with Gasteiger partial charge >= 0.3 is 0 Å². The Morgan fingerprint density at radius 3 is 2.33 bits per heavy atom. The van der Waals surface area contributed by atoms with E-state index in [9.17, 15) is 0 Å². The Morgan fingerprint density at radius 2 is 2.17 bits per heavy atom. The third-order valence-electron chi connectivity index (χ3n) is 0.365. The zero-order valence-corrected chi connectivity index (χ0v) is 6.50. The Hall–Kier alpha value is 0.700. The molecule has 0 atom stereocenters. The van der Waals surface area contributed by atoms with Crippen LogP contribution < -0.4 is 0 Å². The summed E-state index contributed by atoms with van der Waals surface area (Å²) in [5, 5.41) is 1.05. The van der Waals surface area contributed by atoms with Crippen molar-refractivity contribution < 1.29 is 0 Å². The monoisotopic (exact) mass is 212 g/mol. The van der Waals surface area contributed by atoms with Crippen molar-refractivity contribution in [2.24, 2.45) is 0 Å². The molecule has 0 aromatic carbocycles. The van der Waals surface area contributed by atoms with Crippen LogP contribution in [0.4, 0.5) is 0 Å². The van der Waals surface area contributed by atoms with E-state index < -0.39 is 0 Å². The fourth-order valence-corrected chi connectivity index (χ4v) is 0.655. The number of halogens is 2. The second kappa shape index (κ2) is 5.70. The molecule has 0 rings (SSSR count). The summed E-state index contributed by atoms with van der Waals surface area (Å²) in [6.45, 7) is 0. The molecule has 6 heavy (non-hydrogen) atoms. The van der Waals surface area contributed by atoms with E-state index in [-0.39, 0.29) is 0 Å². The van der Waals surface area contributed by atoms with Crippen LogP contribution >= 0.6 is 31.9 Å². The average Bonchev–Trinajstić information content (AvgIpc) is 1.61. The normalized spacial score (nSPS) is 10.3. The summed E-state index contributed by atoms with van der Waals surface area (Å²) < 4.78 is 0. The van der Waals surface area contributed by atoms with Gasteiger partial charge in [0.25, 0.3) is 0 Å². The van der Waals surface area contributed by atoms with Crippen molar-refractivity contribution in [1.82, 2.24) is 0 Å². The van der Waals surface area contributed by atoms with Gasteiger partial charge in [-0.3, -0.25) is 0 Å². The maximum Gasteiger partial charge on any atom is 0.00661 e. The highest BCUT2D eigenvalue weighted by Crippen LogP contribution is 1.90. The molecule has 0 aliphatic heterocycles. The lowest BCUT2D eigenvalue weighted by Crippen LogP contribution is -1.60. The maximum absolute atomic E-state index is 3.28. The van der Waals surface area contributed by atoms with Crippen LogP contribution in [0.15, 0.2) is 11.1 Å². The second-order valence-electron chi connectivity index (χ2n) is 0.839. The summed E-state index contributed by atoms with van der Waals surface area (Å²) in [6.07, 6.45) is 3.15. The smallest absolute Gasteiger partial charge is 0.00661 e. The van der Waals surface area contributed by atoms with Crippen LogP contribution in [-0.2, 0) is 0 Å². The summed E-state index contributed by atoms with van der Waals surface area (Å²) in [4.78, 5) is 1.87. The lowest BCUT2D eigenvalue weighted by molar-refractivity contribution is 1.27. The first kappa shape index (κ1) is 6.70. The van der Waals surface area contributed by atoms with Crippen molar-refractivity contribution in [1.29, 1.82) is 0 Å². The largest absolute Gasteiger partial charge is 0.0925 e. The molecule has 0 aromatic rings. The minimum atomic E-state index is 1.05. The molecule has 0 saturated carbocycles. The zero-order valence-electron chi connectivity index (χ0n) is 3.32. The zero-order chi connectivity index (χ0) is 4.83. The van der Waals surface area contributed by atoms with Crippen molar-refractivity contribution in [2.45, 2.75) is 6.42 Å². The van der Waals surface area contributed by atoms with E-state index in [4.69, 9.17) is 0 Å². The van der Waals surface area contributed by atoms with Gasteiger partial charge in [-0.05, 0) is 11.4 Å². The first-order chi connectivity index (χ1) is 2.91. The van der Waals surface area contributed by atoms with Gasteiger partial charge in [0.1, 0.15) is 0 Å². The minimum Gasteiger partial charge on any atom is -0.0925 e. The van der Waals surface area contributed by atoms with Crippen LogP contribution in [0.5, 0.6) is 0 Å². The summed E-state index contributed by atoms with van der Waals surface area (Å²) in [6, 6.07) is 0. The molecular formula is C4H6Br2. The molecule has 36 valence electrons. The Bertz CT molecular complexity index is 40.8.